The molecular formula is C68H72N4O. The molecule has 5 nitrogen and oxygen atoms in total. The van der Waals surface area contributed by atoms with Gasteiger partial charge in [0, 0.05) is 23.0 Å². The third kappa shape index (κ3) is 9.51. The predicted octanol–water partition coefficient (Wildman–Crippen LogP) is 17.8. The molecule has 0 spiro atoms. The van der Waals surface area contributed by atoms with Crippen LogP contribution in [-0.2, 0) is 27.1 Å². The largest absolute Gasteiger partial charge is 0.458 e. The van der Waals surface area contributed by atoms with E-state index >= 15 is 0 Å². The SMILES string of the molecule is CC(C)(C)c1ccc(-c2ccc3c(c2)n(-c2cccc(Oc4ccc5c6ccccc6n(-c6cc(C(C)(C)C)ccn6)c5c4)c2)[c-][n+]3-c2c(-c3cc(C(C)(C)C)cc(C(C)(C)C)c3)cccc2C(C)(C)C)cc1. The molecule has 0 saturated heterocycles. The summed E-state index contributed by atoms with van der Waals surface area (Å²) < 4.78 is 13.7. The monoisotopic (exact) mass is 961 g/mol. The fraction of sp³-hybridized carbons (Fsp3) is 0.294. The smallest absolute Gasteiger partial charge is 0.269 e. The highest BCUT2D eigenvalue weighted by Crippen LogP contribution is 2.41. The molecule has 0 saturated carbocycles. The van der Waals surface area contributed by atoms with Crippen LogP contribution in [0.3, 0.4) is 0 Å². The van der Waals surface area contributed by atoms with Gasteiger partial charge in [0.05, 0.1) is 33.4 Å². The molecule has 5 heteroatoms. The van der Waals surface area contributed by atoms with Gasteiger partial charge >= 0.3 is 0 Å². The first-order chi connectivity index (χ1) is 34.3. The van der Waals surface area contributed by atoms with Crippen LogP contribution >= 0.6 is 0 Å². The molecule has 73 heavy (non-hydrogen) atoms. The second-order valence-electron chi connectivity index (χ2n) is 25.3. The van der Waals surface area contributed by atoms with Crippen molar-refractivity contribution in [1.82, 2.24) is 14.1 Å². The Morgan fingerprint density at radius 3 is 1.74 bits per heavy atom. The highest BCUT2D eigenvalue weighted by atomic mass is 16.5. The Balaban J connectivity index is 1.16. The summed E-state index contributed by atoms with van der Waals surface area (Å²) in [6.45, 7) is 34.4. The molecule has 0 unspecified atom stereocenters. The number of aromatic nitrogens is 4. The van der Waals surface area contributed by atoms with Crippen molar-refractivity contribution in [2.75, 3.05) is 0 Å². The zero-order chi connectivity index (χ0) is 52.0. The maximum absolute atomic E-state index is 6.90. The van der Waals surface area contributed by atoms with Crippen LogP contribution in [0.5, 0.6) is 11.5 Å². The lowest BCUT2D eigenvalue weighted by molar-refractivity contribution is -0.572. The third-order valence-electron chi connectivity index (χ3n) is 14.6. The van der Waals surface area contributed by atoms with Gasteiger partial charge in [0.1, 0.15) is 17.3 Å². The van der Waals surface area contributed by atoms with E-state index < -0.39 is 0 Å². The molecule has 0 atom stereocenters. The molecule has 0 N–H and O–H groups in total. The maximum atomic E-state index is 6.90. The fourth-order valence-corrected chi connectivity index (χ4v) is 10.2. The summed E-state index contributed by atoms with van der Waals surface area (Å²) in [4.78, 5) is 4.92. The Morgan fingerprint density at radius 1 is 0.438 bits per heavy atom. The first kappa shape index (κ1) is 49.3. The number of benzene rings is 7. The van der Waals surface area contributed by atoms with Gasteiger partial charge in [-0.05, 0) is 132 Å². The summed E-state index contributed by atoms with van der Waals surface area (Å²) in [5.74, 6) is 2.36. The summed E-state index contributed by atoms with van der Waals surface area (Å²) >= 11 is 0. The molecule has 0 aliphatic carbocycles. The zero-order valence-corrected chi connectivity index (χ0v) is 45.8. The second kappa shape index (κ2) is 17.8. The van der Waals surface area contributed by atoms with Gasteiger partial charge in [0.2, 0.25) is 0 Å². The van der Waals surface area contributed by atoms with Crippen LogP contribution in [0.4, 0.5) is 0 Å². The van der Waals surface area contributed by atoms with Gasteiger partial charge in [-0.1, -0.05) is 201 Å². The molecule has 3 heterocycles. The van der Waals surface area contributed by atoms with E-state index in [2.05, 4.69) is 276 Å². The van der Waals surface area contributed by atoms with Crippen molar-refractivity contribution in [2.24, 2.45) is 0 Å². The van der Waals surface area contributed by atoms with Gasteiger partial charge < -0.3 is 4.74 Å². The fourth-order valence-electron chi connectivity index (χ4n) is 10.2. The van der Waals surface area contributed by atoms with E-state index in [-0.39, 0.29) is 27.1 Å². The van der Waals surface area contributed by atoms with Gasteiger partial charge in [-0.15, -0.1) is 0 Å². The van der Waals surface area contributed by atoms with Crippen molar-refractivity contribution in [3.63, 3.8) is 0 Å². The number of hydrogen-bond donors (Lipinski definition) is 0. The molecule has 0 aliphatic rings. The Bertz CT molecular complexity index is 3680. The molecule has 370 valence electrons. The predicted molar refractivity (Wildman–Crippen MR) is 307 cm³/mol. The molecule has 10 aromatic rings. The molecule has 7 aromatic carbocycles. The zero-order valence-electron chi connectivity index (χ0n) is 45.8. The average Bonchev–Trinajstić information content (AvgIpc) is 3.88. The van der Waals surface area contributed by atoms with Crippen molar-refractivity contribution in [3.8, 4) is 50.9 Å². The van der Waals surface area contributed by atoms with Crippen molar-refractivity contribution >= 4 is 32.8 Å². The van der Waals surface area contributed by atoms with Crippen LogP contribution in [0.2, 0.25) is 0 Å². The molecule has 0 amide bonds. The van der Waals surface area contributed by atoms with Crippen LogP contribution in [0.15, 0.2) is 164 Å². The summed E-state index contributed by atoms with van der Waals surface area (Å²) in [5, 5.41) is 2.32. The van der Waals surface area contributed by atoms with E-state index in [1.807, 2.05) is 12.3 Å². The minimum Gasteiger partial charge on any atom is -0.458 e. The highest BCUT2D eigenvalue weighted by Gasteiger charge is 2.28. The Hall–Kier alpha value is -7.24. The molecule has 0 fully saturated rings. The lowest BCUT2D eigenvalue weighted by Gasteiger charge is -2.29. The summed E-state index contributed by atoms with van der Waals surface area (Å²) in [6.07, 6.45) is 5.91. The Kier molecular flexibility index (Phi) is 12.0. The van der Waals surface area contributed by atoms with Crippen molar-refractivity contribution < 1.29 is 9.30 Å². The number of fused-ring (bicyclic) bond motifs is 4. The maximum Gasteiger partial charge on any atom is 0.269 e. The summed E-state index contributed by atoms with van der Waals surface area (Å²) in [6, 6.07) is 57.8. The van der Waals surface area contributed by atoms with Gasteiger partial charge in [0.15, 0.2) is 0 Å². The normalized spacial score (nSPS) is 12.9. The summed E-state index contributed by atoms with van der Waals surface area (Å²) in [7, 11) is 0. The molecule has 0 bridgehead atoms. The lowest BCUT2D eigenvalue weighted by Crippen LogP contribution is -2.34. The lowest BCUT2D eigenvalue weighted by atomic mass is 9.78. The standard InChI is InChI=1S/C68H72N4O/c1-64(2,3)47-29-26-44(27-30-47)45-28-33-59-61(38-45)70(43-71(59)63-54(23-19-24-57(63)68(13,14)15)46-36-49(66(7,8)9)39-50(37-46)67(10,11)12)51-20-18-21-52(41-51)73-53-31-32-56-55-22-16-17-25-58(55)72(60(56)42-53)62-40-48(34-35-69-62)65(4,5)6/h16-42H,1-15H3. The van der Waals surface area contributed by atoms with Crippen LogP contribution < -0.4 is 9.30 Å². The van der Waals surface area contributed by atoms with Gasteiger partial charge in [0.25, 0.3) is 6.33 Å². The van der Waals surface area contributed by atoms with Crippen molar-refractivity contribution in [1.29, 1.82) is 0 Å². The van der Waals surface area contributed by atoms with E-state index in [1.54, 1.807) is 0 Å². The minimum atomic E-state index is -0.185. The van der Waals surface area contributed by atoms with Crippen molar-refractivity contribution in [3.05, 3.63) is 198 Å². The number of rotatable bonds is 7. The number of ether oxygens (including phenoxy) is 1. The molecular weight excluding hydrogens is 889 g/mol. The topological polar surface area (TPSA) is 35.9 Å². The van der Waals surface area contributed by atoms with Crippen LogP contribution in [0.25, 0.3) is 72.3 Å². The van der Waals surface area contributed by atoms with Gasteiger partial charge in [-0.25, -0.2) is 4.98 Å². The highest BCUT2D eigenvalue weighted by molar-refractivity contribution is 6.09. The van der Waals surface area contributed by atoms with Crippen molar-refractivity contribution in [2.45, 2.75) is 131 Å². The first-order valence-electron chi connectivity index (χ1n) is 26.0. The van der Waals surface area contributed by atoms with E-state index in [0.29, 0.717) is 0 Å². The first-order valence-corrected chi connectivity index (χ1v) is 26.0. The number of hydrogen-bond acceptors (Lipinski definition) is 2. The third-order valence-corrected chi connectivity index (χ3v) is 14.6. The quantitative estimate of drug-likeness (QED) is 0.118. The van der Waals surface area contributed by atoms with E-state index in [4.69, 9.17) is 9.72 Å². The number of para-hydroxylation sites is 2. The molecule has 0 aliphatic heterocycles. The molecule has 10 rings (SSSR count). The number of nitrogens with zero attached hydrogens (tertiary/aromatic N) is 4. The minimum absolute atomic E-state index is 0.0246. The van der Waals surface area contributed by atoms with Crippen LogP contribution in [0, 0.1) is 6.33 Å². The molecule has 0 radical (unpaired) electrons. The second-order valence-corrected chi connectivity index (χ2v) is 25.3. The van der Waals surface area contributed by atoms with Crippen LogP contribution in [-0.4, -0.2) is 14.1 Å². The van der Waals surface area contributed by atoms with E-state index in [1.165, 1.54) is 49.9 Å². The number of imidazole rings is 1. The Labute approximate surface area is 434 Å². The van der Waals surface area contributed by atoms with Gasteiger partial charge in [-0.3, -0.25) is 13.7 Å². The van der Waals surface area contributed by atoms with E-state index in [0.717, 1.165) is 61.7 Å². The Morgan fingerprint density at radius 2 is 1.07 bits per heavy atom. The van der Waals surface area contributed by atoms with E-state index in [9.17, 15) is 0 Å². The van der Waals surface area contributed by atoms with Gasteiger partial charge in [-0.2, -0.15) is 0 Å². The average molecular weight is 961 g/mol. The number of pyridine rings is 1. The molecule has 3 aromatic heterocycles. The summed E-state index contributed by atoms with van der Waals surface area (Å²) in [5.41, 5.74) is 17.2. The van der Waals surface area contributed by atoms with Crippen LogP contribution in [0.1, 0.15) is 132 Å².